The number of rotatable bonds is 2. The summed E-state index contributed by atoms with van der Waals surface area (Å²) in [5.41, 5.74) is 2.64. The van der Waals surface area contributed by atoms with Gasteiger partial charge in [-0.15, -0.1) is 0 Å². The molecular weight excluding hydrogens is 304 g/mol. The second-order valence-electron chi connectivity index (χ2n) is 2.51. The number of aryl methyl sites for hydroxylation is 2. The maximum Gasteiger partial charge on any atom is 0.560 e. The largest absolute Gasteiger partial charge is 0.560 e. The van der Waals surface area contributed by atoms with Gasteiger partial charge in [-0.3, -0.25) is 25.8 Å². The van der Waals surface area contributed by atoms with Gasteiger partial charge >= 0.3 is 16.0 Å². The van der Waals surface area contributed by atoms with Crippen molar-refractivity contribution in [3.8, 4) is 0 Å². The molecule has 1 aromatic rings. The molecular formula is C10H13Br2Mg. The van der Waals surface area contributed by atoms with E-state index in [1.165, 1.54) is 11.1 Å². The Morgan fingerprint density at radius 2 is 1.54 bits per heavy atom. The van der Waals surface area contributed by atoms with Crippen molar-refractivity contribution in [2.24, 2.45) is 0 Å². The third-order valence-corrected chi connectivity index (χ3v) is 1.68. The Kier molecular flexibility index (Phi) is 10.2. The Balaban J connectivity index is 0.000000424. The molecule has 3 heteroatoms. The first-order valence-electron chi connectivity index (χ1n) is 4.40. The number of hydrogen-bond acceptors (Lipinski definition) is 0. The average Bonchev–Trinajstić information content (AvgIpc) is 2.19. The van der Waals surface area contributed by atoms with Crippen LogP contribution in [-0.4, -0.2) is 16.0 Å². The van der Waals surface area contributed by atoms with E-state index in [0.29, 0.717) is 0 Å². The first kappa shape index (κ1) is 13.9. The summed E-state index contributed by atoms with van der Waals surface area (Å²) in [6.07, 6.45) is 2.18. The zero-order valence-electron chi connectivity index (χ0n) is 8.11. The molecule has 1 radical (unpaired) electrons. The predicted octanol–water partition coefficient (Wildman–Crippen LogP) is 3.92. The van der Waals surface area contributed by atoms with E-state index in [2.05, 4.69) is 63.9 Å². The summed E-state index contributed by atoms with van der Waals surface area (Å²) in [7, 11) is 0. The lowest BCUT2D eigenvalue weighted by atomic mass is 10.1. The molecule has 0 aliphatic carbocycles. The van der Waals surface area contributed by atoms with Crippen LogP contribution < -0.4 is 0 Å². The van der Waals surface area contributed by atoms with Gasteiger partial charge in [-0.1, -0.05) is 32.0 Å². The van der Waals surface area contributed by atoms with Crippen LogP contribution in [0, 0.1) is 6.07 Å². The molecule has 1 rings (SSSR count). The fraction of sp³-hybridized carbons (Fsp3) is 0.400. The lowest BCUT2D eigenvalue weighted by molar-refractivity contribution is 1.08. The van der Waals surface area contributed by atoms with Crippen LogP contribution in [0.3, 0.4) is 0 Å². The van der Waals surface area contributed by atoms with Gasteiger partial charge in [-0.2, -0.15) is 0 Å². The van der Waals surface area contributed by atoms with Crippen LogP contribution in [0.5, 0.6) is 0 Å². The van der Waals surface area contributed by atoms with Gasteiger partial charge < -0.3 is 0 Å². The lowest BCUT2D eigenvalue weighted by Crippen LogP contribution is -1.84. The molecule has 0 N–H and O–H groups in total. The van der Waals surface area contributed by atoms with Crippen molar-refractivity contribution in [2.75, 3.05) is 0 Å². The molecule has 0 nitrogen and oxygen atoms in total. The fourth-order valence-corrected chi connectivity index (χ4v) is 0.982. The van der Waals surface area contributed by atoms with Crippen LogP contribution in [0.2, 0.25) is 0 Å². The Hall–Kier alpha value is 0.946. The van der Waals surface area contributed by atoms with E-state index in [9.17, 15) is 0 Å². The summed E-state index contributed by atoms with van der Waals surface area (Å²) in [4.78, 5) is 0. The predicted molar refractivity (Wildman–Crippen MR) is 67.6 cm³/mol. The molecule has 69 valence electrons. The third-order valence-electron chi connectivity index (χ3n) is 1.68. The molecule has 13 heavy (non-hydrogen) atoms. The molecule has 0 atom stereocenters. The highest BCUT2D eigenvalue weighted by molar-refractivity contribution is 9.47. The van der Waals surface area contributed by atoms with E-state index in [1.807, 2.05) is 0 Å². The minimum absolute atomic E-state index is 0.0417. The zero-order valence-corrected chi connectivity index (χ0v) is 12.7. The van der Waals surface area contributed by atoms with Crippen molar-refractivity contribution < 1.29 is 0 Å². The highest BCUT2D eigenvalue weighted by Gasteiger charge is 1.90. The highest BCUT2D eigenvalue weighted by Crippen LogP contribution is 2.04. The van der Waals surface area contributed by atoms with E-state index in [0.717, 1.165) is 12.8 Å². The van der Waals surface area contributed by atoms with Crippen molar-refractivity contribution >= 4 is 41.8 Å². The minimum Gasteiger partial charge on any atom is -0.280 e. The third kappa shape index (κ3) is 6.94. The average molecular weight is 317 g/mol. The van der Waals surface area contributed by atoms with Gasteiger partial charge in [0.15, 0.2) is 0 Å². The molecule has 0 spiro atoms. The van der Waals surface area contributed by atoms with E-state index in [-0.39, 0.29) is 16.0 Å². The van der Waals surface area contributed by atoms with E-state index in [1.54, 1.807) is 0 Å². The summed E-state index contributed by atoms with van der Waals surface area (Å²) in [5, 5.41) is 0. The van der Waals surface area contributed by atoms with E-state index < -0.39 is 0 Å². The van der Waals surface area contributed by atoms with Gasteiger partial charge in [0.25, 0.3) is 0 Å². The molecule has 0 amide bonds. The number of hydrogen-bond donors (Lipinski definition) is 0. The minimum atomic E-state index is 0.0417. The lowest BCUT2D eigenvalue weighted by Gasteiger charge is -1.97. The monoisotopic (exact) mass is 315 g/mol. The first-order valence-corrected chi connectivity index (χ1v) is 12.2. The molecule has 0 saturated carbocycles. The zero-order chi connectivity index (χ0) is 10.1. The van der Waals surface area contributed by atoms with Crippen LogP contribution in [0.15, 0.2) is 18.2 Å². The van der Waals surface area contributed by atoms with Crippen molar-refractivity contribution in [1.29, 1.82) is 0 Å². The van der Waals surface area contributed by atoms with E-state index in [4.69, 9.17) is 0 Å². The molecule has 0 bridgehead atoms. The molecule has 0 fully saturated rings. The van der Waals surface area contributed by atoms with Crippen LogP contribution in [0.1, 0.15) is 25.0 Å². The fourth-order valence-electron chi connectivity index (χ4n) is 0.982. The molecule has 0 aromatic heterocycles. The van der Waals surface area contributed by atoms with Crippen LogP contribution in [-0.2, 0) is 12.8 Å². The summed E-state index contributed by atoms with van der Waals surface area (Å²) < 4.78 is 0. The van der Waals surface area contributed by atoms with Gasteiger partial charge in [-0.05, 0) is 30.0 Å². The van der Waals surface area contributed by atoms with Crippen molar-refractivity contribution in [2.45, 2.75) is 26.7 Å². The van der Waals surface area contributed by atoms with Crippen molar-refractivity contribution in [1.82, 2.24) is 0 Å². The second-order valence-corrected chi connectivity index (χ2v) is 10.6. The van der Waals surface area contributed by atoms with Gasteiger partial charge in [0, 0.05) is 0 Å². The summed E-state index contributed by atoms with van der Waals surface area (Å²) in [6.45, 7) is 4.32. The Labute approximate surface area is 103 Å². The van der Waals surface area contributed by atoms with Crippen molar-refractivity contribution in [3.05, 3.63) is 35.4 Å². The van der Waals surface area contributed by atoms with E-state index >= 15 is 0 Å². The molecule has 1 aromatic carbocycles. The maximum absolute atomic E-state index is 3.34. The smallest absolute Gasteiger partial charge is 0.280 e. The standard InChI is InChI=1S/C10H13.2BrH.Mg/c1-3-9-6-5-7-10(4-2)8-9;;;/h5-7H,3-4H2,1-2H3;2*1H;/q;;;+2/p-2. The maximum atomic E-state index is 3.34. The van der Waals surface area contributed by atoms with Gasteiger partial charge in [0.2, 0.25) is 0 Å². The van der Waals surface area contributed by atoms with Crippen LogP contribution in [0.4, 0.5) is 0 Å². The normalized spacial score (nSPS) is 8.31. The van der Waals surface area contributed by atoms with Crippen molar-refractivity contribution in [3.63, 3.8) is 0 Å². The van der Waals surface area contributed by atoms with Crippen LogP contribution in [0.25, 0.3) is 0 Å². The Morgan fingerprint density at radius 1 is 1.15 bits per heavy atom. The molecule has 0 saturated heterocycles. The second kappa shape index (κ2) is 9.50. The Bertz CT molecular complexity index is 207. The number of benzene rings is 1. The topological polar surface area (TPSA) is 0 Å². The molecule has 0 aliphatic heterocycles. The molecule has 0 heterocycles. The molecule has 0 unspecified atom stereocenters. The summed E-state index contributed by atoms with van der Waals surface area (Å²) in [5.74, 6) is 0. The first-order chi connectivity index (χ1) is 6.28. The summed E-state index contributed by atoms with van der Waals surface area (Å²) in [6, 6.07) is 9.70. The van der Waals surface area contributed by atoms with Crippen LogP contribution >= 0.6 is 25.8 Å². The quantitative estimate of drug-likeness (QED) is 0.725. The van der Waals surface area contributed by atoms with Gasteiger partial charge in [0.05, 0.1) is 0 Å². The highest BCUT2D eigenvalue weighted by atomic mass is 79.9. The Morgan fingerprint density at radius 3 is 1.85 bits per heavy atom. The molecule has 0 aliphatic rings. The van der Waals surface area contributed by atoms with Gasteiger partial charge in [0.1, 0.15) is 0 Å². The SMILES string of the molecule is CCc1[c]c(CC)ccc1.[Br][Mg][Br]. The number of halogens is 2. The summed E-state index contributed by atoms with van der Waals surface area (Å²) >= 11 is 6.44. The van der Waals surface area contributed by atoms with Gasteiger partial charge in [-0.25, -0.2) is 0 Å².